The Balaban J connectivity index is 1.38. The molecule has 1 fully saturated rings. The molecular weight excluding hydrogens is 434 g/mol. The predicted molar refractivity (Wildman–Crippen MR) is 125 cm³/mol. The first kappa shape index (κ1) is 19.2. The highest BCUT2D eigenvalue weighted by Gasteiger charge is 2.22. The van der Waals surface area contributed by atoms with Gasteiger partial charge in [-0.3, -0.25) is 14.9 Å². The van der Waals surface area contributed by atoms with E-state index in [1.165, 1.54) is 11.3 Å². The second kappa shape index (κ2) is 8.14. The summed E-state index contributed by atoms with van der Waals surface area (Å²) in [6.45, 7) is 0.737. The number of carbonyl (C=O) groups is 2. The number of anilines is 2. The van der Waals surface area contributed by atoms with Crippen molar-refractivity contribution < 1.29 is 9.59 Å². The maximum Gasteiger partial charge on any atom is 0.257 e. The Bertz CT molecular complexity index is 1130. The molecule has 5 rings (SSSR count). The van der Waals surface area contributed by atoms with Gasteiger partial charge in [-0.25, -0.2) is 4.98 Å². The summed E-state index contributed by atoms with van der Waals surface area (Å²) < 4.78 is 0. The highest BCUT2D eigenvalue weighted by molar-refractivity contribution is 7.24. The zero-order valence-electron chi connectivity index (χ0n) is 15.8. The van der Waals surface area contributed by atoms with Crippen LogP contribution >= 0.6 is 34.0 Å². The van der Waals surface area contributed by atoms with Crippen LogP contribution < -0.4 is 10.2 Å². The van der Waals surface area contributed by atoms with Crippen molar-refractivity contribution in [2.24, 2.45) is 0 Å². The van der Waals surface area contributed by atoms with Crippen molar-refractivity contribution in [3.05, 3.63) is 64.9 Å². The quantitative estimate of drug-likeness (QED) is 0.406. The van der Waals surface area contributed by atoms with Gasteiger partial charge in [0.1, 0.15) is 5.69 Å². The molecule has 4 heterocycles. The van der Waals surface area contributed by atoms with Crippen molar-refractivity contribution in [3.63, 3.8) is 0 Å². The first-order chi connectivity index (χ1) is 14.7. The van der Waals surface area contributed by atoms with Crippen molar-refractivity contribution in [2.75, 3.05) is 16.8 Å². The molecule has 4 aromatic rings. The fourth-order valence-electron chi connectivity index (χ4n) is 3.41. The number of rotatable bonds is 5. The van der Waals surface area contributed by atoms with Gasteiger partial charge >= 0.3 is 0 Å². The minimum Gasteiger partial charge on any atom is -0.312 e. The summed E-state index contributed by atoms with van der Waals surface area (Å²) in [4.78, 5) is 34.4. The Morgan fingerprint density at radius 3 is 2.37 bits per heavy atom. The maximum absolute atomic E-state index is 12.8. The molecule has 5 nitrogen and oxygen atoms in total. The molecule has 1 N–H and O–H groups in total. The third kappa shape index (κ3) is 3.69. The van der Waals surface area contributed by atoms with Crippen LogP contribution in [0.5, 0.6) is 0 Å². The van der Waals surface area contributed by atoms with Crippen LogP contribution in [0.15, 0.2) is 59.3 Å². The minimum atomic E-state index is -0.210. The fraction of sp³-hybridized carbons (Fsp3) is 0.136. The van der Waals surface area contributed by atoms with Crippen LogP contribution in [0, 0.1) is 0 Å². The van der Waals surface area contributed by atoms with Crippen LogP contribution in [0.2, 0.25) is 0 Å². The normalized spacial score (nSPS) is 13.7. The van der Waals surface area contributed by atoms with Crippen LogP contribution in [-0.2, 0) is 4.79 Å². The van der Waals surface area contributed by atoms with Gasteiger partial charge in [-0.05, 0) is 53.6 Å². The van der Waals surface area contributed by atoms with E-state index in [1.807, 2.05) is 41.1 Å². The monoisotopic (exact) mass is 451 g/mol. The standard InChI is InChI=1S/C22H17N3O2S3/c26-18-6-1-11-25(18)15-9-7-14(8-10-15)21(27)24-22-23-19(16-4-2-12-28-16)20(30-22)17-5-3-13-29-17/h2-5,7-10,12-13H,1,6,11H2,(H,23,24,27). The molecule has 8 heteroatoms. The number of amides is 2. The minimum absolute atomic E-state index is 0.136. The van der Waals surface area contributed by atoms with E-state index in [0.29, 0.717) is 17.1 Å². The summed E-state index contributed by atoms with van der Waals surface area (Å²) in [5, 5.41) is 7.58. The van der Waals surface area contributed by atoms with Gasteiger partial charge in [0.25, 0.3) is 5.91 Å². The number of thiophene rings is 2. The van der Waals surface area contributed by atoms with Gasteiger partial charge < -0.3 is 4.90 Å². The van der Waals surface area contributed by atoms with Crippen molar-refractivity contribution in [3.8, 4) is 20.3 Å². The van der Waals surface area contributed by atoms with Gasteiger partial charge in [0.2, 0.25) is 5.91 Å². The molecule has 0 radical (unpaired) electrons. The molecule has 30 heavy (non-hydrogen) atoms. The number of hydrogen-bond acceptors (Lipinski definition) is 6. The molecule has 0 saturated carbocycles. The largest absolute Gasteiger partial charge is 0.312 e. The summed E-state index contributed by atoms with van der Waals surface area (Å²) >= 11 is 4.78. The van der Waals surface area contributed by atoms with Gasteiger partial charge in [-0.15, -0.1) is 22.7 Å². The van der Waals surface area contributed by atoms with Gasteiger partial charge in [0, 0.05) is 29.1 Å². The molecule has 3 aromatic heterocycles. The average molecular weight is 452 g/mol. The van der Waals surface area contributed by atoms with Crippen LogP contribution in [0.1, 0.15) is 23.2 Å². The molecule has 2 amide bonds. The van der Waals surface area contributed by atoms with Crippen LogP contribution in [0.3, 0.4) is 0 Å². The van der Waals surface area contributed by atoms with Crippen molar-refractivity contribution in [1.82, 2.24) is 4.98 Å². The molecule has 150 valence electrons. The van der Waals surface area contributed by atoms with E-state index in [1.54, 1.807) is 39.7 Å². The molecule has 1 aliphatic rings. The van der Waals surface area contributed by atoms with Gasteiger partial charge in [-0.1, -0.05) is 23.5 Å². The van der Waals surface area contributed by atoms with Crippen molar-refractivity contribution in [2.45, 2.75) is 12.8 Å². The second-order valence-electron chi connectivity index (χ2n) is 6.80. The van der Waals surface area contributed by atoms with E-state index >= 15 is 0 Å². The Morgan fingerprint density at radius 1 is 1.00 bits per heavy atom. The van der Waals surface area contributed by atoms with Gasteiger partial charge in [0.15, 0.2) is 5.13 Å². The lowest BCUT2D eigenvalue weighted by molar-refractivity contribution is -0.117. The number of hydrogen-bond donors (Lipinski definition) is 1. The molecular formula is C22H17N3O2S3. The fourth-order valence-corrected chi connectivity index (χ4v) is 6.03. The molecule has 1 aliphatic heterocycles. The molecule has 0 bridgehead atoms. The van der Waals surface area contributed by atoms with Crippen LogP contribution in [-0.4, -0.2) is 23.3 Å². The van der Waals surface area contributed by atoms with E-state index in [4.69, 9.17) is 4.98 Å². The summed E-state index contributed by atoms with van der Waals surface area (Å²) in [7, 11) is 0. The van der Waals surface area contributed by atoms with Crippen molar-refractivity contribution >= 4 is 56.6 Å². The summed E-state index contributed by atoms with van der Waals surface area (Å²) in [6, 6.07) is 15.3. The Kier molecular flexibility index (Phi) is 5.20. The van der Waals surface area contributed by atoms with E-state index in [-0.39, 0.29) is 11.8 Å². The SMILES string of the molecule is O=C(Nc1nc(-c2cccs2)c(-c2cccs2)s1)c1ccc(N2CCCC2=O)cc1. The lowest BCUT2D eigenvalue weighted by Crippen LogP contribution is -2.23. The highest BCUT2D eigenvalue weighted by atomic mass is 32.1. The zero-order valence-corrected chi connectivity index (χ0v) is 18.3. The van der Waals surface area contributed by atoms with E-state index in [0.717, 1.165) is 39.0 Å². The Hall–Kier alpha value is -2.81. The third-order valence-electron chi connectivity index (χ3n) is 4.86. The average Bonchev–Trinajstić information content (AvgIpc) is 3.54. The number of nitrogens with zero attached hydrogens (tertiary/aromatic N) is 2. The highest BCUT2D eigenvalue weighted by Crippen LogP contribution is 2.42. The van der Waals surface area contributed by atoms with Gasteiger partial charge in [-0.2, -0.15) is 0 Å². The van der Waals surface area contributed by atoms with Gasteiger partial charge in [0.05, 0.1) is 9.75 Å². The lowest BCUT2D eigenvalue weighted by Gasteiger charge is -2.15. The smallest absolute Gasteiger partial charge is 0.257 e. The molecule has 1 saturated heterocycles. The summed E-state index contributed by atoms with van der Waals surface area (Å²) in [5.41, 5.74) is 2.27. The second-order valence-corrected chi connectivity index (χ2v) is 9.70. The Labute approximate surface area is 185 Å². The third-order valence-corrected chi connectivity index (χ3v) is 7.76. The van der Waals surface area contributed by atoms with Crippen LogP contribution in [0.4, 0.5) is 10.8 Å². The first-order valence-corrected chi connectivity index (χ1v) is 12.1. The molecule has 0 aliphatic carbocycles. The number of benzene rings is 1. The lowest BCUT2D eigenvalue weighted by atomic mass is 10.2. The summed E-state index contributed by atoms with van der Waals surface area (Å²) in [5.74, 6) is -0.0734. The molecule has 1 aromatic carbocycles. The van der Waals surface area contributed by atoms with E-state index in [9.17, 15) is 9.59 Å². The number of carbonyl (C=O) groups excluding carboxylic acids is 2. The number of nitrogens with one attached hydrogen (secondary N) is 1. The number of aromatic nitrogens is 1. The van der Waals surface area contributed by atoms with Crippen LogP contribution in [0.25, 0.3) is 20.3 Å². The summed E-state index contributed by atoms with van der Waals surface area (Å²) in [6.07, 6.45) is 1.47. The molecule has 0 unspecified atom stereocenters. The topological polar surface area (TPSA) is 62.3 Å². The Morgan fingerprint density at radius 2 is 1.73 bits per heavy atom. The van der Waals surface area contributed by atoms with E-state index < -0.39 is 0 Å². The van der Waals surface area contributed by atoms with Crippen molar-refractivity contribution in [1.29, 1.82) is 0 Å². The number of thiazole rings is 1. The van der Waals surface area contributed by atoms with E-state index in [2.05, 4.69) is 11.4 Å². The molecule has 0 spiro atoms. The zero-order chi connectivity index (χ0) is 20.5. The first-order valence-electron chi connectivity index (χ1n) is 9.49. The molecule has 0 atom stereocenters. The predicted octanol–water partition coefficient (Wildman–Crippen LogP) is 5.98. The maximum atomic E-state index is 12.8.